The van der Waals surface area contributed by atoms with Crippen LogP contribution in [-0.2, 0) is 14.8 Å². The Morgan fingerprint density at radius 3 is 2.36 bits per heavy atom. The average molecular weight is 487 g/mol. The van der Waals surface area contributed by atoms with Gasteiger partial charge in [-0.15, -0.1) is 13.2 Å². The van der Waals surface area contributed by atoms with Crippen LogP contribution in [0.2, 0.25) is 0 Å². The number of fused-ring (bicyclic) bond motifs is 1. The number of halogens is 3. The largest absolute Gasteiger partial charge is 0.573 e. The van der Waals surface area contributed by atoms with Crippen LogP contribution in [0.4, 0.5) is 24.5 Å². The lowest BCUT2D eigenvalue weighted by Crippen LogP contribution is -2.43. The maximum Gasteiger partial charge on any atom is 0.573 e. The molecule has 180 valence electrons. The average Bonchev–Trinajstić information content (AvgIpc) is 2.77. The number of nitrogens with one attached hydrogen (secondary N) is 1. The van der Waals surface area contributed by atoms with Gasteiger partial charge in [0, 0.05) is 6.54 Å². The van der Waals surface area contributed by atoms with Crippen molar-refractivity contribution < 1.29 is 35.9 Å². The van der Waals surface area contributed by atoms with E-state index < -0.39 is 27.6 Å². The minimum atomic E-state index is -4.88. The second-order valence-electron chi connectivity index (χ2n) is 8.79. The molecular formula is C22H25F3N2O5S. The number of benzene rings is 2. The number of carbonyl (C=O) groups is 1. The summed E-state index contributed by atoms with van der Waals surface area (Å²) in [5.74, 6) is -0.0797. The van der Waals surface area contributed by atoms with Crippen LogP contribution in [0.15, 0.2) is 47.4 Å². The molecule has 33 heavy (non-hydrogen) atoms. The summed E-state index contributed by atoms with van der Waals surface area (Å²) in [6.45, 7) is 8.07. The van der Waals surface area contributed by atoms with Gasteiger partial charge in [0.15, 0.2) is 0 Å². The Hall–Kier alpha value is -2.95. The molecule has 1 aliphatic heterocycles. The molecule has 1 aliphatic rings. The molecule has 2 aromatic rings. The molecule has 0 aliphatic carbocycles. The maximum absolute atomic E-state index is 13.1. The molecule has 1 N–H and O–H groups in total. The summed E-state index contributed by atoms with van der Waals surface area (Å²) in [4.78, 5) is 14.5. The van der Waals surface area contributed by atoms with Gasteiger partial charge in [0.05, 0.1) is 21.7 Å². The lowest BCUT2D eigenvalue weighted by Gasteiger charge is -2.29. The van der Waals surface area contributed by atoms with Crippen LogP contribution in [0.5, 0.6) is 11.5 Å². The number of hydrogen-bond acceptors (Lipinski definition) is 5. The Morgan fingerprint density at radius 1 is 1.15 bits per heavy atom. The summed E-state index contributed by atoms with van der Waals surface area (Å²) in [7, 11) is -4.12. The Balaban J connectivity index is 1.90. The molecule has 1 heterocycles. The van der Waals surface area contributed by atoms with Gasteiger partial charge in [-0.25, -0.2) is 8.42 Å². The number of hydrogen-bond donors (Lipinski definition) is 1. The van der Waals surface area contributed by atoms with Gasteiger partial charge < -0.3 is 14.4 Å². The minimum absolute atomic E-state index is 0.143. The quantitative estimate of drug-likeness (QED) is 0.635. The highest BCUT2D eigenvalue weighted by molar-refractivity contribution is 7.92. The van der Waals surface area contributed by atoms with Gasteiger partial charge >= 0.3 is 6.36 Å². The molecule has 2 aromatic carbocycles. The lowest BCUT2D eigenvalue weighted by atomic mass is 9.92. The highest BCUT2D eigenvalue weighted by Gasteiger charge is 2.38. The smallest absolute Gasteiger partial charge is 0.490 e. The van der Waals surface area contributed by atoms with Crippen LogP contribution in [0, 0.1) is 11.3 Å². The predicted molar refractivity (Wildman–Crippen MR) is 117 cm³/mol. The van der Waals surface area contributed by atoms with Gasteiger partial charge in [-0.2, -0.15) is 0 Å². The van der Waals surface area contributed by atoms with E-state index in [2.05, 4.69) is 9.46 Å². The third kappa shape index (κ3) is 5.89. The molecule has 7 nitrogen and oxygen atoms in total. The molecule has 3 rings (SSSR count). The fraction of sp³-hybridized carbons (Fsp3) is 0.409. The van der Waals surface area contributed by atoms with Crippen LogP contribution in [-0.4, -0.2) is 33.8 Å². The van der Waals surface area contributed by atoms with Gasteiger partial charge in [-0.1, -0.05) is 13.8 Å². The molecule has 0 radical (unpaired) electrons. The fourth-order valence-corrected chi connectivity index (χ4v) is 4.34. The second-order valence-corrected chi connectivity index (χ2v) is 10.5. The van der Waals surface area contributed by atoms with Crippen molar-refractivity contribution in [2.45, 2.75) is 39.0 Å². The molecule has 0 fully saturated rings. The molecule has 11 heteroatoms. The zero-order valence-corrected chi connectivity index (χ0v) is 19.4. The topological polar surface area (TPSA) is 84.9 Å². The fourth-order valence-electron chi connectivity index (χ4n) is 3.29. The van der Waals surface area contributed by atoms with E-state index in [4.69, 9.17) is 4.74 Å². The third-order valence-corrected chi connectivity index (χ3v) is 6.23. The summed E-state index contributed by atoms with van der Waals surface area (Å²) in [6.07, 6.45) is -4.88. The predicted octanol–water partition coefficient (Wildman–Crippen LogP) is 4.79. The molecule has 0 bridgehead atoms. The number of nitrogens with zero attached hydrogens (tertiary/aromatic N) is 1. The Kier molecular flexibility index (Phi) is 6.56. The minimum Gasteiger partial charge on any atom is -0.490 e. The van der Waals surface area contributed by atoms with Crippen LogP contribution >= 0.6 is 0 Å². The number of amides is 1. The second kappa shape index (κ2) is 8.77. The number of anilines is 2. The highest BCUT2D eigenvalue weighted by Crippen LogP contribution is 2.39. The summed E-state index contributed by atoms with van der Waals surface area (Å²) in [5, 5.41) is 0. The first kappa shape index (κ1) is 24.7. The van der Waals surface area contributed by atoms with Crippen molar-refractivity contribution in [2.24, 2.45) is 11.3 Å². The van der Waals surface area contributed by atoms with Crippen LogP contribution in [0.1, 0.15) is 27.7 Å². The van der Waals surface area contributed by atoms with E-state index in [1.165, 1.54) is 12.1 Å². The van der Waals surface area contributed by atoms with E-state index in [0.717, 1.165) is 24.3 Å². The lowest BCUT2D eigenvalue weighted by molar-refractivity contribution is -0.274. The molecule has 0 atom stereocenters. The van der Waals surface area contributed by atoms with Crippen molar-refractivity contribution in [2.75, 3.05) is 22.8 Å². The highest BCUT2D eigenvalue weighted by atomic mass is 32.2. The molecular weight excluding hydrogens is 461 g/mol. The summed E-state index contributed by atoms with van der Waals surface area (Å²) in [5.41, 5.74) is -0.156. The van der Waals surface area contributed by atoms with E-state index in [-0.39, 0.29) is 29.0 Å². The van der Waals surface area contributed by atoms with Crippen molar-refractivity contribution >= 4 is 27.3 Å². The van der Waals surface area contributed by atoms with Crippen molar-refractivity contribution in [1.82, 2.24) is 0 Å². The van der Waals surface area contributed by atoms with Gasteiger partial charge in [-0.05, 0) is 62.2 Å². The molecule has 0 saturated carbocycles. The van der Waals surface area contributed by atoms with Gasteiger partial charge in [-0.3, -0.25) is 9.52 Å². The SMILES string of the molecule is CC(C)CN1C(=O)C(C)(C)COc2ccc(NS(=O)(=O)c3ccc(OC(F)(F)F)cc3)cc21. The molecule has 1 amide bonds. The number of alkyl halides is 3. The maximum atomic E-state index is 13.1. The van der Waals surface area contributed by atoms with Gasteiger partial charge in [0.1, 0.15) is 18.1 Å². The van der Waals surface area contributed by atoms with Crippen LogP contribution in [0.3, 0.4) is 0 Å². The first-order chi connectivity index (χ1) is 15.2. The first-order valence-electron chi connectivity index (χ1n) is 10.2. The number of ether oxygens (including phenoxy) is 2. The Labute approximate surface area is 190 Å². The van der Waals surface area contributed by atoms with E-state index >= 15 is 0 Å². The van der Waals surface area contributed by atoms with Crippen LogP contribution < -0.4 is 19.1 Å². The van der Waals surface area contributed by atoms with E-state index in [9.17, 15) is 26.4 Å². The standard InChI is InChI=1S/C22H25F3N2O5S/c1-14(2)12-27-18-11-15(5-10-19(18)31-13-21(3,4)20(27)28)26-33(29,30)17-8-6-16(7-9-17)32-22(23,24)25/h5-11,14,26H,12-13H2,1-4H3. The number of rotatable bonds is 6. The van der Waals surface area contributed by atoms with E-state index in [1.54, 1.807) is 24.8 Å². The van der Waals surface area contributed by atoms with Crippen LogP contribution in [0.25, 0.3) is 0 Å². The van der Waals surface area contributed by atoms with E-state index in [0.29, 0.717) is 18.0 Å². The van der Waals surface area contributed by atoms with Gasteiger partial charge in [0.2, 0.25) is 5.91 Å². The summed E-state index contributed by atoms with van der Waals surface area (Å²) in [6, 6.07) is 8.43. The van der Waals surface area contributed by atoms with Crippen molar-refractivity contribution in [3.05, 3.63) is 42.5 Å². The number of sulfonamides is 1. The Bertz CT molecular complexity index is 1130. The van der Waals surface area contributed by atoms with Crippen molar-refractivity contribution in [3.63, 3.8) is 0 Å². The molecule has 0 unspecified atom stereocenters. The zero-order chi connectivity index (χ0) is 24.6. The monoisotopic (exact) mass is 486 g/mol. The Morgan fingerprint density at radius 2 is 1.79 bits per heavy atom. The van der Waals surface area contributed by atoms with Gasteiger partial charge in [0.25, 0.3) is 10.0 Å². The normalized spacial score (nSPS) is 16.1. The molecule has 0 spiro atoms. The third-order valence-electron chi connectivity index (χ3n) is 4.83. The summed E-state index contributed by atoms with van der Waals surface area (Å²) >= 11 is 0. The summed E-state index contributed by atoms with van der Waals surface area (Å²) < 4.78 is 74.5. The molecule has 0 aromatic heterocycles. The van der Waals surface area contributed by atoms with Crippen molar-refractivity contribution in [3.8, 4) is 11.5 Å². The molecule has 0 saturated heterocycles. The van der Waals surface area contributed by atoms with Crippen molar-refractivity contribution in [1.29, 1.82) is 0 Å². The first-order valence-corrected chi connectivity index (χ1v) is 11.6. The zero-order valence-electron chi connectivity index (χ0n) is 18.6. The van der Waals surface area contributed by atoms with E-state index in [1.807, 2.05) is 13.8 Å². The number of carbonyl (C=O) groups excluding carboxylic acids is 1.